The summed E-state index contributed by atoms with van der Waals surface area (Å²) in [6.07, 6.45) is 7.49. The third-order valence-corrected chi connectivity index (χ3v) is 15.9. The highest BCUT2D eigenvalue weighted by Gasteiger charge is 2.40. The number of halogens is 1. The number of aromatic nitrogens is 2. The molecule has 8 rings (SSSR count). The number of amides is 3. The van der Waals surface area contributed by atoms with Gasteiger partial charge in [0.2, 0.25) is 17.8 Å². The summed E-state index contributed by atoms with van der Waals surface area (Å²) in [4.78, 5) is 57.1. The number of methoxy groups -OCH3 is 1. The number of rotatable bonds is 16. The van der Waals surface area contributed by atoms with E-state index in [1.807, 2.05) is 36.4 Å². The van der Waals surface area contributed by atoms with Crippen LogP contribution in [0, 0.1) is 0 Å². The first-order valence-corrected chi connectivity index (χ1v) is 26.4. The Hall–Kier alpha value is -4.66. The van der Waals surface area contributed by atoms with Gasteiger partial charge in [-0.2, -0.15) is 4.98 Å². The molecule has 0 aliphatic carbocycles. The molecule has 3 fully saturated rings. The van der Waals surface area contributed by atoms with Crippen molar-refractivity contribution in [2.24, 2.45) is 0 Å². The third kappa shape index (κ3) is 10.4. The van der Waals surface area contributed by atoms with Crippen molar-refractivity contribution < 1.29 is 23.7 Å². The van der Waals surface area contributed by atoms with Crippen molar-refractivity contribution in [2.45, 2.75) is 75.4 Å². The van der Waals surface area contributed by atoms with Crippen LogP contribution in [0.25, 0.3) is 0 Å². The molecule has 1 atom stereocenters. The molecule has 4 aliphatic rings. The quantitative estimate of drug-likeness (QED) is 0.0445. The largest absolute Gasteiger partial charge is 0.494 e. The highest BCUT2D eigenvalue weighted by Crippen LogP contribution is 2.40. The fraction of sp³-hybridized carbons (Fsp3) is 0.468. The number of unbranched alkanes of at least 4 members (excludes halogenated alkanes) is 1. The molecule has 0 spiro atoms. The molecule has 340 valence electrons. The number of nitrogens with zero attached hydrogens (tertiary/aromatic N) is 6. The van der Waals surface area contributed by atoms with Crippen LogP contribution in [0.15, 0.2) is 65.7 Å². The van der Waals surface area contributed by atoms with Gasteiger partial charge in [-0.15, -0.1) is 11.8 Å². The lowest BCUT2D eigenvalue weighted by Gasteiger charge is -2.43. The maximum atomic E-state index is 13.2. The van der Waals surface area contributed by atoms with Crippen LogP contribution in [0.4, 0.5) is 28.8 Å². The second kappa shape index (κ2) is 20.2. The summed E-state index contributed by atoms with van der Waals surface area (Å²) in [7, 11) is -0.870. The van der Waals surface area contributed by atoms with Gasteiger partial charge in [0.15, 0.2) is 5.82 Å². The van der Waals surface area contributed by atoms with E-state index in [0.717, 1.165) is 105 Å². The average molecular weight is 929 g/mol. The topological polar surface area (TPSA) is 152 Å². The Morgan fingerprint density at radius 1 is 0.938 bits per heavy atom. The van der Waals surface area contributed by atoms with Gasteiger partial charge in [-0.3, -0.25) is 24.6 Å². The standard InChI is InChI=1S/C47H59ClN9O5PS/c1-5-31-27-37(51-47-49-29-35(48)44(53-47)50-36-12-6-7-13-41(36)63(3,4)61)40(62-2)28-39(31)56-20-17-32(18-21-56)55-24-22-54(23-25-55)19-8-9-26-64-42-14-10-11-33-34(42)30-57(46(33)60)38-15-16-43(58)52-45(38)59/h6-7,10-14,27-29,32,38H,5,8-9,15-26,30H2,1-4H3,(H,52,58,59)(H2,49,50,51,53). The number of imide groups is 1. The lowest BCUT2D eigenvalue weighted by atomic mass is 9.99. The van der Waals surface area contributed by atoms with E-state index in [9.17, 15) is 18.9 Å². The highest BCUT2D eigenvalue weighted by atomic mass is 35.5. The Bertz CT molecular complexity index is 2420. The van der Waals surface area contributed by atoms with Crippen molar-refractivity contribution in [1.82, 2.24) is 30.0 Å². The number of thioether (sulfide) groups is 1. The number of ether oxygens (including phenoxy) is 1. The van der Waals surface area contributed by atoms with E-state index in [4.69, 9.17) is 21.3 Å². The van der Waals surface area contributed by atoms with Gasteiger partial charge < -0.3 is 34.6 Å². The number of carbonyl (C=O) groups excluding carboxylic acids is 3. The smallest absolute Gasteiger partial charge is 0.255 e. The van der Waals surface area contributed by atoms with Crippen LogP contribution in [0.1, 0.15) is 66.9 Å². The van der Waals surface area contributed by atoms with Crippen LogP contribution in [0.3, 0.4) is 0 Å². The van der Waals surface area contributed by atoms with E-state index >= 15 is 0 Å². The molecule has 17 heteroatoms. The van der Waals surface area contributed by atoms with E-state index in [0.29, 0.717) is 52.8 Å². The number of fused-ring (bicyclic) bond motifs is 1. The number of aryl methyl sites for hydroxylation is 1. The summed E-state index contributed by atoms with van der Waals surface area (Å²) in [5.41, 5.74) is 5.56. The van der Waals surface area contributed by atoms with E-state index in [2.05, 4.69) is 60.8 Å². The molecule has 14 nitrogen and oxygen atoms in total. The molecule has 3 aromatic carbocycles. The molecule has 0 saturated carbocycles. The molecule has 5 heterocycles. The van der Waals surface area contributed by atoms with Gasteiger partial charge in [0.1, 0.15) is 24.0 Å². The molecule has 64 heavy (non-hydrogen) atoms. The summed E-state index contributed by atoms with van der Waals surface area (Å²) in [5.74, 6) is 1.69. The molecule has 1 unspecified atom stereocenters. The minimum atomic E-state index is -2.55. The molecular formula is C47H59ClN9O5PS. The van der Waals surface area contributed by atoms with Gasteiger partial charge >= 0.3 is 0 Å². The molecule has 4 aromatic rings. The molecule has 3 saturated heterocycles. The maximum Gasteiger partial charge on any atom is 0.255 e. The fourth-order valence-electron chi connectivity index (χ4n) is 9.41. The predicted octanol–water partition coefficient (Wildman–Crippen LogP) is 7.36. The highest BCUT2D eigenvalue weighted by molar-refractivity contribution is 7.99. The Kier molecular flexibility index (Phi) is 14.5. The van der Waals surface area contributed by atoms with Crippen LogP contribution in [0.2, 0.25) is 5.02 Å². The Morgan fingerprint density at radius 3 is 2.45 bits per heavy atom. The number of hydrogen-bond acceptors (Lipinski definition) is 13. The lowest BCUT2D eigenvalue weighted by Crippen LogP contribution is -2.53. The number of anilines is 5. The molecule has 0 bridgehead atoms. The van der Waals surface area contributed by atoms with Crippen molar-refractivity contribution in [3.8, 4) is 5.75 Å². The first kappa shape index (κ1) is 45.9. The van der Waals surface area contributed by atoms with E-state index in [1.54, 1.807) is 43.3 Å². The fourth-order valence-corrected chi connectivity index (χ4v) is 11.8. The maximum absolute atomic E-state index is 13.2. The molecule has 3 N–H and O–H groups in total. The Labute approximate surface area is 385 Å². The van der Waals surface area contributed by atoms with Crippen molar-refractivity contribution in [1.29, 1.82) is 0 Å². The zero-order valence-electron chi connectivity index (χ0n) is 37.2. The number of benzene rings is 3. The van der Waals surface area contributed by atoms with Crippen molar-refractivity contribution >= 4 is 82.4 Å². The minimum absolute atomic E-state index is 0.121. The first-order valence-electron chi connectivity index (χ1n) is 22.4. The molecule has 0 radical (unpaired) electrons. The van der Waals surface area contributed by atoms with E-state index in [1.165, 1.54) is 11.3 Å². The van der Waals surface area contributed by atoms with Crippen LogP contribution >= 0.6 is 30.5 Å². The number of hydrogen-bond donors (Lipinski definition) is 3. The number of piperazine rings is 1. The van der Waals surface area contributed by atoms with Gasteiger partial charge in [-0.1, -0.05) is 36.7 Å². The summed E-state index contributed by atoms with van der Waals surface area (Å²) >= 11 is 8.33. The minimum Gasteiger partial charge on any atom is -0.494 e. The van der Waals surface area contributed by atoms with Crippen molar-refractivity contribution in [3.05, 3.63) is 82.5 Å². The van der Waals surface area contributed by atoms with Gasteiger partial charge in [-0.25, -0.2) is 4.98 Å². The van der Waals surface area contributed by atoms with Crippen LogP contribution in [0.5, 0.6) is 5.75 Å². The second-order valence-electron chi connectivity index (χ2n) is 17.4. The molecule has 3 amide bonds. The Balaban J connectivity index is 0.789. The van der Waals surface area contributed by atoms with Crippen LogP contribution in [-0.4, -0.2) is 126 Å². The SMILES string of the molecule is CCc1cc(Nc2ncc(Cl)c(Nc3ccccc3P(C)(C)=O)n2)c(OC)cc1N1CCC(N2CCN(CCCCSc3cccc4c3CN(C3CCC(=O)NC3=O)C4=O)CC2)CC1. The van der Waals surface area contributed by atoms with Gasteiger partial charge in [-0.05, 0) is 106 Å². The normalized spacial score (nSPS) is 18.9. The van der Waals surface area contributed by atoms with Crippen LogP contribution < -0.4 is 30.9 Å². The van der Waals surface area contributed by atoms with Gasteiger partial charge in [0, 0.05) is 85.8 Å². The lowest BCUT2D eigenvalue weighted by molar-refractivity contribution is -0.136. The predicted molar refractivity (Wildman–Crippen MR) is 257 cm³/mol. The summed E-state index contributed by atoms with van der Waals surface area (Å²) in [6, 6.07) is 17.6. The molecule has 4 aliphatic heterocycles. The average Bonchev–Trinajstić information content (AvgIpc) is 3.63. The molecular weight excluding hydrogens is 869 g/mol. The number of nitrogens with one attached hydrogen (secondary N) is 3. The van der Waals surface area contributed by atoms with E-state index < -0.39 is 13.2 Å². The summed E-state index contributed by atoms with van der Waals surface area (Å²) in [5, 5.41) is 10.1. The van der Waals surface area contributed by atoms with Gasteiger partial charge in [0.05, 0.1) is 24.7 Å². The molecule has 1 aromatic heterocycles. The van der Waals surface area contributed by atoms with Gasteiger partial charge in [0.25, 0.3) is 5.91 Å². The monoisotopic (exact) mass is 927 g/mol. The second-order valence-corrected chi connectivity index (χ2v) is 22.1. The van der Waals surface area contributed by atoms with Crippen LogP contribution in [-0.2, 0) is 27.1 Å². The van der Waals surface area contributed by atoms with Crippen molar-refractivity contribution in [3.63, 3.8) is 0 Å². The number of carbonyl (C=O) groups is 3. The van der Waals surface area contributed by atoms with E-state index in [-0.39, 0.29) is 24.1 Å². The third-order valence-electron chi connectivity index (χ3n) is 12.9. The first-order chi connectivity index (χ1) is 30.9. The summed E-state index contributed by atoms with van der Waals surface area (Å²) < 4.78 is 18.9. The van der Waals surface area contributed by atoms with Crippen molar-refractivity contribution in [2.75, 3.05) is 87.5 Å². The number of piperidine rings is 2. The zero-order chi connectivity index (χ0) is 45.0. The zero-order valence-corrected chi connectivity index (χ0v) is 39.7. The Morgan fingerprint density at radius 2 is 1.72 bits per heavy atom. The number of para-hydroxylation sites is 1. The summed E-state index contributed by atoms with van der Waals surface area (Å²) in [6.45, 7) is 13.5.